The number of hydrogen-bond acceptors (Lipinski definition) is 2. The second-order valence-corrected chi connectivity index (χ2v) is 6.84. The summed E-state index contributed by atoms with van der Waals surface area (Å²) >= 11 is 6.50. The van der Waals surface area contributed by atoms with Crippen molar-refractivity contribution in [1.82, 2.24) is 0 Å². The number of halogens is 1. The molecule has 2 atom stereocenters. The zero-order valence-corrected chi connectivity index (χ0v) is 14.2. The highest BCUT2D eigenvalue weighted by Crippen LogP contribution is 2.38. The fraction of sp³-hybridized carbons (Fsp3) is 0.667. The molecule has 118 valence electrons. The summed E-state index contributed by atoms with van der Waals surface area (Å²) in [5.41, 5.74) is 8.55. The van der Waals surface area contributed by atoms with E-state index in [2.05, 4.69) is 26.8 Å². The average Bonchev–Trinajstić information content (AvgIpc) is 3.28. The van der Waals surface area contributed by atoms with Gasteiger partial charge < -0.3 is 10.5 Å². The quantitative estimate of drug-likeness (QED) is 0.739. The first kappa shape index (κ1) is 16.6. The van der Waals surface area contributed by atoms with Crippen molar-refractivity contribution in [3.63, 3.8) is 0 Å². The van der Waals surface area contributed by atoms with Crippen LogP contribution in [-0.4, -0.2) is 12.6 Å². The van der Waals surface area contributed by atoms with E-state index in [0.29, 0.717) is 5.92 Å². The van der Waals surface area contributed by atoms with Crippen LogP contribution in [0.5, 0.6) is 5.75 Å². The second kappa shape index (κ2) is 7.51. The zero-order chi connectivity index (χ0) is 15.4. The summed E-state index contributed by atoms with van der Waals surface area (Å²) in [7, 11) is 0. The molecule has 2 N–H and O–H groups in total. The Kier molecular flexibility index (Phi) is 5.95. The molecule has 2 rings (SSSR count). The summed E-state index contributed by atoms with van der Waals surface area (Å²) in [6, 6.07) is 4.48. The van der Waals surface area contributed by atoms with Gasteiger partial charge >= 0.3 is 0 Å². The molecule has 0 bridgehead atoms. The topological polar surface area (TPSA) is 35.2 Å². The van der Waals surface area contributed by atoms with Crippen LogP contribution in [0.25, 0.3) is 0 Å². The van der Waals surface area contributed by atoms with E-state index in [1.54, 1.807) is 0 Å². The number of hydrogen-bond donors (Lipinski definition) is 1. The SMILES string of the molecule is CCC(N)Cc1cc(Cl)c(OCC2CC2)c(C(C)CC)c1. The maximum atomic E-state index is 6.50. The van der Waals surface area contributed by atoms with E-state index in [1.807, 2.05) is 6.07 Å². The third-order valence-electron chi connectivity index (χ3n) is 4.46. The predicted molar refractivity (Wildman–Crippen MR) is 90.3 cm³/mol. The summed E-state index contributed by atoms with van der Waals surface area (Å²) in [4.78, 5) is 0. The van der Waals surface area contributed by atoms with E-state index in [-0.39, 0.29) is 6.04 Å². The van der Waals surface area contributed by atoms with E-state index >= 15 is 0 Å². The van der Waals surface area contributed by atoms with Crippen LogP contribution in [0.15, 0.2) is 12.1 Å². The summed E-state index contributed by atoms with van der Waals surface area (Å²) in [5, 5.41) is 0.742. The van der Waals surface area contributed by atoms with Crippen molar-refractivity contribution < 1.29 is 4.74 Å². The van der Waals surface area contributed by atoms with Gasteiger partial charge in [-0.2, -0.15) is 0 Å². The molecule has 1 saturated carbocycles. The Bertz CT molecular complexity index is 471. The molecule has 3 heteroatoms. The van der Waals surface area contributed by atoms with Crippen LogP contribution in [0, 0.1) is 5.92 Å². The zero-order valence-electron chi connectivity index (χ0n) is 13.5. The molecule has 0 saturated heterocycles. The number of nitrogens with two attached hydrogens (primary N) is 1. The number of rotatable bonds is 8. The van der Waals surface area contributed by atoms with Crippen molar-refractivity contribution in [2.45, 2.75) is 64.8 Å². The van der Waals surface area contributed by atoms with Crippen molar-refractivity contribution in [3.05, 3.63) is 28.3 Å². The standard InChI is InChI=1S/C18H28ClNO/c1-4-12(3)16-9-14(8-15(20)5-2)10-17(19)18(16)21-11-13-6-7-13/h9-10,12-13,15H,4-8,11,20H2,1-3H3. The molecule has 2 unspecified atom stereocenters. The summed E-state index contributed by atoms with van der Waals surface area (Å²) < 4.78 is 6.04. The van der Waals surface area contributed by atoms with E-state index in [1.165, 1.54) is 24.0 Å². The van der Waals surface area contributed by atoms with E-state index in [9.17, 15) is 0 Å². The Morgan fingerprint density at radius 2 is 2.00 bits per heavy atom. The number of benzene rings is 1. The van der Waals surface area contributed by atoms with Gasteiger partial charge in [-0.05, 0) is 61.1 Å². The third-order valence-corrected chi connectivity index (χ3v) is 4.74. The van der Waals surface area contributed by atoms with Gasteiger partial charge in [0.25, 0.3) is 0 Å². The third kappa shape index (κ3) is 4.62. The average molecular weight is 310 g/mol. The highest BCUT2D eigenvalue weighted by Gasteiger charge is 2.24. The van der Waals surface area contributed by atoms with Gasteiger partial charge in [-0.25, -0.2) is 0 Å². The molecule has 1 aromatic rings. The first-order valence-corrected chi connectivity index (χ1v) is 8.63. The lowest BCUT2D eigenvalue weighted by Crippen LogP contribution is -2.21. The molecule has 1 aromatic carbocycles. The van der Waals surface area contributed by atoms with Crippen LogP contribution in [0.4, 0.5) is 0 Å². The molecular formula is C18H28ClNO. The predicted octanol–water partition coefficient (Wildman–Crippen LogP) is 4.92. The lowest BCUT2D eigenvalue weighted by molar-refractivity contribution is 0.295. The van der Waals surface area contributed by atoms with Crippen molar-refractivity contribution in [2.75, 3.05) is 6.61 Å². The minimum absolute atomic E-state index is 0.198. The van der Waals surface area contributed by atoms with Crippen LogP contribution in [0.1, 0.15) is 63.5 Å². The molecule has 0 amide bonds. The Morgan fingerprint density at radius 1 is 1.29 bits per heavy atom. The Morgan fingerprint density at radius 3 is 2.57 bits per heavy atom. The van der Waals surface area contributed by atoms with Gasteiger partial charge in [0.05, 0.1) is 11.6 Å². The molecule has 0 heterocycles. The van der Waals surface area contributed by atoms with Gasteiger partial charge in [0.15, 0.2) is 0 Å². The van der Waals surface area contributed by atoms with Crippen LogP contribution < -0.4 is 10.5 Å². The molecule has 0 radical (unpaired) electrons. The Labute approximate surface area is 134 Å². The van der Waals surface area contributed by atoms with Crippen LogP contribution >= 0.6 is 11.6 Å². The molecule has 1 fully saturated rings. The lowest BCUT2D eigenvalue weighted by atomic mass is 9.93. The molecular weight excluding hydrogens is 282 g/mol. The molecule has 2 nitrogen and oxygen atoms in total. The fourth-order valence-corrected chi connectivity index (χ4v) is 2.77. The highest BCUT2D eigenvalue weighted by atomic mass is 35.5. The Balaban J connectivity index is 2.24. The normalized spacial score (nSPS) is 17.6. The van der Waals surface area contributed by atoms with E-state index < -0.39 is 0 Å². The van der Waals surface area contributed by atoms with Gasteiger partial charge in [-0.1, -0.05) is 38.4 Å². The maximum absolute atomic E-state index is 6.50. The summed E-state index contributed by atoms with van der Waals surface area (Å²) in [6.07, 6.45) is 5.53. The van der Waals surface area contributed by atoms with Gasteiger partial charge in [0.1, 0.15) is 5.75 Å². The number of ether oxygens (including phenoxy) is 1. The van der Waals surface area contributed by atoms with Gasteiger partial charge in [-0.3, -0.25) is 0 Å². The first-order chi connectivity index (χ1) is 10.0. The molecule has 0 spiro atoms. The lowest BCUT2D eigenvalue weighted by Gasteiger charge is -2.20. The smallest absolute Gasteiger partial charge is 0.141 e. The van der Waals surface area contributed by atoms with Crippen molar-refractivity contribution in [1.29, 1.82) is 0 Å². The second-order valence-electron chi connectivity index (χ2n) is 6.43. The van der Waals surface area contributed by atoms with Crippen LogP contribution in [0.3, 0.4) is 0 Å². The molecule has 1 aliphatic rings. The molecule has 0 aliphatic heterocycles. The summed E-state index contributed by atoms with van der Waals surface area (Å²) in [5.74, 6) is 2.08. The molecule has 1 aliphatic carbocycles. The van der Waals surface area contributed by atoms with Crippen molar-refractivity contribution in [2.24, 2.45) is 11.7 Å². The molecule has 21 heavy (non-hydrogen) atoms. The van der Waals surface area contributed by atoms with Crippen molar-refractivity contribution >= 4 is 11.6 Å². The van der Waals surface area contributed by atoms with Crippen LogP contribution in [-0.2, 0) is 6.42 Å². The van der Waals surface area contributed by atoms with Gasteiger partial charge in [0.2, 0.25) is 0 Å². The maximum Gasteiger partial charge on any atom is 0.141 e. The van der Waals surface area contributed by atoms with E-state index in [0.717, 1.165) is 42.6 Å². The fourth-order valence-electron chi connectivity index (χ4n) is 2.46. The molecule has 0 aromatic heterocycles. The minimum atomic E-state index is 0.198. The monoisotopic (exact) mass is 309 g/mol. The highest BCUT2D eigenvalue weighted by molar-refractivity contribution is 6.32. The first-order valence-electron chi connectivity index (χ1n) is 8.25. The summed E-state index contributed by atoms with van der Waals surface area (Å²) in [6.45, 7) is 7.36. The van der Waals surface area contributed by atoms with Gasteiger partial charge in [-0.15, -0.1) is 0 Å². The van der Waals surface area contributed by atoms with E-state index in [4.69, 9.17) is 22.1 Å². The Hall–Kier alpha value is -0.730. The minimum Gasteiger partial charge on any atom is -0.491 e. The van der Waals surface area contributed by atoms with Gasteiger partial charge in [0, 0.05) is 6.04 Å². The van der Waals surface area contributed by atoms with Crippen LogP contribution in [0.2, 0.25) is 5.02 Å². The largest absolute Gasteiger partial charge is 0.491 e. The van der Waals surface area contributed by atoms with Crippen molar-refractivity contribution in [3.8, 4) is 5.75 Å².